The second-order valence-electron chi connectivity index (χ2n) is 13.5. The Bertz CT molecular complexity index is 3280. The fourth-order valence-electron chi connectivity index (χ4n) is 8.57. The van der Waals surface area contributed by atoms with Crippen molar-refractivity contribution in [2.45, 2.75) is 0 Å². The van der Waals surface area contributed by atoms with E-state index < -0.39 is 0 Å². The highest BCUT2D eigenvalue weighted by Gasteiger charge is 2.28. The minimum absolute atomic E-state index is 0.595. The molecule has 0 amide bonds. The van der Waals surface area contributed by atoms with E-state index in [1.165, 1.54) is 0 Å². The molecule has 8 aromatic carbocycles. The molecule has 0 atom stereocenters. The SMILES string of the molecule is N#Cc1cc(-c2ccccc2-c2ccccc2)ccc1-n1c2ccccc2c2c3c(c4ccccc4n3-c3ccccc3)c3oc4ccccc4c3c21. The molecule has 11 rings (SSSR count). The van der Waals surface area contributed by atoms with Crippen molar-refractivity contribution in [3.05, 3.63) is 181 Å². The molecule has 0 saturated carbocycles. The number of rotatable bonds is 4. The van der Waals surface area contributed by atoms with E-state index >= 15 is 0 Å². The Balaban J connectivity index is 1.32. The van der Waals surface area contributed by atoms with Crippen LogP contribution >= 0.6 is 0 Å². The molecule has 246 valence electrons. The van der Waals surface area contributed by atoms with Crippen LogP contribution in [0.5, 0.6) is 0 Å². The first kappa shape index (κ1) is 29.4. The van der Waals surface area contributed by atoms with Crippen LogP contribution in [-0.2, 0) is 0 Å². The summed E-state index contributed by atoms with van der Waals surface area (Å²) in [5.74, 6) is 0. The van der Waals surface area contributed by atoms with Crippen molar-refractivity contribution in [1.82, 2.24) is 9.13 Å². The summed E-state index contributed by atoms with van der Waals surface area (Å²) in [5.41, 5.74) is 12.8. The number of hydrogen-bond acceptors (Lipinski definition) is 2. The van der Waals surface area contributed by atoms with Crippen LogP contribution in [0.15, 0.2) is 180 Å². The molecule has 0 aliphatic carbocycles. The van der Waals surface area contributed by atoms with Gasteiger partial charge in [0.05, 0.1) is 44.1 Å². The molecule has 0 aliphatic rings. The molecule has 0 spiro atoms. The number of furan rings is 1. The van der Waals surface area contributed by atoms with Crippen LogP contribution < -0.4 is 0 Å². The summed E-state index contributed by atoms with van der Waals surface area (Å²) >= 11 is 0. The van der Waals surface area contributed by atoms with Gasteiger partial charge in [-0.25, -0.2) is 0 Å². The molecular weight excluding hydrogens is 647 g/mol. The third-order valence-corrected chi connectivity index (χ3v) is 10.7. The topological polar surface area (TPSA) is 46.8 Å². The van der Waals surface area contributed by atoms with Gasteiger partial charge in [0.1, 0.15) is 17.2 Å². The minimum atomic E-state index is 0.595. The van der Waals surface area contributed by atoms with Gasteiger partial charge < -0.3 is 13.6 Å². The molecule has 0 bridgehead atoms. The average Bonchev–Trinajstić information content (AvgIpc) is 3.89. The zero-order chi connectivity index (χ0) is 35.0. The van der Waals surface area contributed by atoms with Gasteiger partial charge in [-0.05, 0) is 64.7 Å². The number of fused-ring (bicyclic) bond motifs is 12. The molecule has 11 aromatic rings. The average molecular weight is 676 g/mol. The Kier molecular flexibility index (Phi) is 6.28. The first-order valence-corrected chi connectivity index (χ1v) is 17.8. The van der Waals surface area contributed by atoms with Gasteiger partial charge in [-0.3, -0.25) is 0 Å². The van der Waals surface area contributed by atoms with E-state index in [1.54, 1.807) is 0 Å². The lowest BCUT2D eigenvalue weighted by atomic mass is 9.93. The fraction of sp³-hybridized carbons (Fsp3) is 0. The molecular formula is C49H29N3O. The standard InChI is InChI=1S/C49H29N3O/c50-30-33-29-32(36-20-8-7-19-35(36)31-15-3-1-4-16-31)27-28-40(33)52-42-25-13-9-21-37(42)44-47-45(49-46(48(44)52)39-23-11-14-26-43(39)53-49)38-22-10-12-24-41(38)51(47)34-17-5-2-6-18-34/h1-29H. The van der Waals surface area contributed by atoms with Gasteiger partial charge in [0.2, 0.25) is 0 Å². The molecule has 0 saturated heterocycles. The molecule has 3 aromatic heterocycles. The van der Waals surface area contributed by atoms with E-state index in [4.69, 9.17) is 4.42 Å². The smallest absolute Gasteiger partial charge is 0.147 e. The predicted molar refractivity (Wildman–Crippen MR) is 218 cm³/mol. The second-order valence-corrected chi connectivity index (χ2v) is 13.5. The van der Waals surface area contributed by atoms with Crippen molar-refractivity contribution in [3.63, 3.8) is 0 Å². The summed E-state index contributed by atoms with van der Waals surface area (Å²) in [6, 6.07) is 63.8. The van der Waals surface area contributed by atoms with Crippen molar-refractivity contribution in [3.8, 4) is 39.7 Å². The van der Waals surface area contributed by atoms with Crippen LogP contribution in [0.4, 0.5) is 0 Å². The number of para-hydroxylation sites is 4. The highest BCUT2D eigenvalue weighted by molar-refractivity contribution is 6.39. The maximum Gasteiger partial charge on any atom is 0.147 e. The fourth-order valence-corrected chi connectivity index (χ4v) is 8.57. The Morgan fingerprint density at radius 2 is 1.00 bits per heavy atom. The van der Waals surface area contributed by atoms with Crippen LogP contribution in [0.2, 0.25) is 0 Å². The van der Waals surface area contributed by atoms with E-state index in [1.807, 2.05) is 18.2 Å². The van der Waals surface area contributed by atoms with Crippen LogP contribution in [0, 0.1) is 11.3 Å². The maximum atomic E-state index is 10.9. The number of aromatic nitrogens is 2. The third kappa shape index (κ3) is 4.16. The van der Waals surface area contributed by atoms with E-state index in [9.17, 15) is 5.26 Å². The van der Waals surface area contributed by atoms with Crippen molar-refractivity contribution in [1.29, 1.82) is 5.26 Å². The van der Waals surface area contributed by atoms with Crippen molar-refractivity contribution < 1.29 is 4.42 Å². The van der Waals surface area contributed by atoms with Crippen LogP contribution in [0.3, 0.4) is 0 Å². The van der Waals surface area contributed by atoms with E-state index in [2.05, 4.69) is 173 Å². The molecule has 0 N–H and O–H groups in total. The number of nitriles is 1. The largest absolute Gasteiger partial charge is 0.455 e. The quantitative estimate of drug-likeness (QED) is 0.186. The number of nitrogens with zero attached hydrogens (tertiary/aromatic N) is 3. The van der Waals surface area contributed by atoms with Crippen molar-refractivity contribution in [2.75, 3.05) is 0 Å². The van der Waals surface area contributed by atoms with Crippen LogP contribution in [0.1, 0.15) is 5.56 Å². The molecule has 0 fully saturated rings. The van der Waals surface area contributed by atoms with Gasteiger partial charge in [0.15, 0.2) is 0 Å². The summed E-state index contributed by atoms with van der Waals surface area (Å²) in [6.45, 7) is 0. The number of hydrogen-bond donors (Lipinski definition) is 0. The number of benzene rings is 8. The summed E-state index contributed by atoms with van der Waals surface area (Å²) in [6.07, 6.45) is 0. The van der Waals surface area contributed by atoms with Crippen LogP contribution in [-0.4, -0.2) is 9.13 Å². The Morgan fingerprint density at radius 1 is 0.453 bits per heavy atom. The summed E-state index contributed by atoms with van der Waals surface area (Å²) in [4.78, 5) is 0. The van der Waals surface area contributed by atoms with E-state index in [0.29, 0.717) is 5.56 Å². The lowest BCUT2D eigenvalue weighted by Crippen LogP contribution is -1.99. The lowest BCUT2D eigenvalue weighted by molar-refractivity contribution is 0.673. The van der Waals surface area contributed by atoms with Gasteiger partial charge in [-0.15, -0.1) is 0 Å². The zero-order valence-corrected chi connectivity index (χ0v) is 28.5. The normalized spacial score (nSPS) is 11.8. The lowest BCUT2D eigenvalue weighted by Gasteiger charge is -2.15. The molecule has 3 heterocycles. The monoisotopic (exact) mass is 675 g/mol. The Hall–Kier alpha value is -7.35. The summed E-state index contributed by atoms with van der Waals surface area (Å²) < 4.78 is 11.6. The predicted octanol–water partition coefficient (Wildman–Crippen LogP) is 13.0. The molecule has 53 heavy (non-hydrogen) atoms. The summed E-state index contributed by atoms with van der Waals surface area (Å²) in [5, 5.41) is 17.5. The van der Waals surface area contributed by atoms with Crippen LogP contribution in [0.25, 0.3) is 99.2 Å². The zero-order valence-electron chi connectivity index (χ0n) is 28.5. The van der Waals surface area contributed by atoms with Gasteiger partial charge >= 0.3 is 0 Å². The molecule has 4 nitrogen and oxygen atoms in total. The van der Waals surface area contributed by atoms with Gasteiger partial charge in [-0.2, -0.15) is 5.26 Å². The van der Waals surface area contributed by atoms with E-state index in [-0.39, 0.29) is 0 Å². The molecule has 4 heteroatoms. The maximum absolute atomic E-state index is 10.9. The first-order valence-electron chi connectivity index (χ1n) is 17.8. The molecule has 0 unspecified atom stereocenters. The highest BCUT2D eigenvalue weighted by Crippen LogP contribution is 2.49. The van der Waals surface area contributed by atoms with Crippen molar-refractivity contribution in [2.24, 2.45) is 0 Å². The summed E-state index contributed by atoms with van der Waals surface area (Å²) in [7, 11) is 0. The molecule has 0 radical (unpaired) electrons. The third-order valence-electron chi connectivity index (χ3n) is 10.7. The second kappa shape index (κ2) is 11.3. The Labute approximate surface area is 304 Å². The van der Waals surface area contributed by atoms with E-state index in [0.717, 1.165) is 99.2 Å². The van der Waals surface area contributed by atoms with Crippen molar-refractivity contribution >= 4 is 65.6 Å². The highest BCUT2D eigenvalue weighted by atomic mass is 16.3. The van der Waals surface area contributed by atoms with Gasteiger partial charge in [0, 0.05) is 27.2 Å². The minimum Gasteiger partial charge on any atom is -0.455 e. The molecule has 0 aliphatic heterocycles. The van der Waals surface area contributed by atoms with Gasteiger partial charge in [-0.1, -0.05) is 133 Å². The first-order chi connectivity index (χ1) is 26.3. The van der Waals surface area contributed by atoms with Gasteiger partial charge in [0.25, 0.3) is 0 Å². The Morgan fingerprint density at radius 3 is 1.74 bits per heavy atom.